The van der Waals surface area contributed by atoms with Gasteiger partial charge in [0.25, 0.3) is 0 Å². The Kier molecular flexibility index (Phi) is 4.46. The van der Waals surface area contributed by atoms with E-state index in [0.717, 1.165) is 29.3 Å². The highest BCUT2D eigenvalue weighted by molar-refractivity contribution is 7.12. The van der Waals surface area contributed by atoms with Gasteiger partial charge in [-0.3, -0.25) is 4.79 Å². The molecule has 1 aliphatic rings. The van der Waals surface area contributed by atoms with Crippen molar-refractivity contribution in [3.63, 3.8) is 0 Å². The number of imidazole rings is 1. The summed E-state index contributed by atoms with van der Waals surface area (Å²) in [5.74, 6) is 1.20. The van der Waals surface area contributed by atoms with Crippen LogP contribution >= 0.6 is 11.3 Å². The first-order valence-corrected chi connectivity index (χ1v) is 9.54. The third-order valence-corrected chi connectivity index (χ3v) is 6.15. The van der Waals surface area contributed by atoms with E-state index in [1.165, 1.54) is 6.07 Å². The van der Waals surface area contributed by atoms with Crippen LogP contribution in [0.1, 0.15) is 47.3 Å². The number of hydrogen-bond acceptors (Lipinski definition) is 3. The summed E-state index contributed by atoms with van der Waals surface area (Å²) in [6, 6.07) is 9.82. The Balaban J connectivity index is 1.33. The highest BCUT2D eigenvalue weighted by Crippen LogP contribution is 2.48. The van der Waals surface area contributed by atoms with Crippen LogP contribution in [0.15, 0.2) is 36.4 Å². The molecular weight excluding hydrogens is 375 g/mol. The molecular formula is C19H18F3N3OS. The van der Waals surface area contributed by atoms with E-state index < -0.39 is 17.1 Å². The van der Waals surface area contributed by atoms with Gasteiger partial charge in [0.15, 0.2) is 0 Å². The lowest BCUT2D eigenvalue weighted by Crippen LogP contribution is -2.26. The summed E-state index contributed by atoms with van der Waals surface area (Å²) in [7, 11) is 0. The van der Waals surface area contributed by atoms with Gasteiger partial charge in [0.1, 0.15) is 10.7 Å². The van der Waals surface area contributed by atoms with Gasteiger partial charge in [-0.1, -0.05) is 12.1 Å². The van der Waals surface area contributed by atoms with E-state index in [0.29, 0.717) is 22.6 Å². The molecule has 2 heterocycles. The number of halogens is 3. The molecule has 0 saturated heterocycles. The van der Waals surface area contributed by atoms with Crippen LogP contribution in [0, 0.1) is 5.92 Å². The Morgan fingerprint density at radius 2 is 2.11 bits per heavy atom. The molecule has 1 fully saturated rings. The molecule has 142 valence electrons. The van der Waals surface area contributed by atoms with E-state index >= 15 is 0 Å². The Hall–Kier alpha value is -2.35. The average molecular weight is 393 g/mol. The normalized spacial score (nSPS) is 20.6. The number of nitrogens with one attached hydrogen (secondary N) is 2. The molecule has 4 nitrogen and oxygen atoms in total. The van der Waals surface area contributed by atoms with Gasteiger partial charge >= 0.3 is 6.18 Å². The molecule has 0 unspecified atom stereocenters. The smallest absolute Gasteiger partial charge is 0.349 e. The number of aromatic amines is 1. The first kappa shape index (κ1) is 18.0. The number of para-hydroxylation sites is 2. The number of fused-ring (bicyclic) bond motifs is 1. The first-order valence-electron chi connectivity index (χ1n) is 8.72. The number of hydrogen-bond donors (Lipinski definition) is 2. The predicted molar refractivity (Wildman–Crippen MR) is 97.4 cm³/mol. The molecule has 1 saturated carbocycles. The number of thiophene rings is 1. The van der Waals surface area contributed by atoms with E-state index in [2.05, 4.69) is 15.3 Å². The maximum absolute atomic E-state index is 12.7. The van der Waals surface area contributed by atoms with Crippen LogP contribution in [0.3, 0.4) is 0 Å². The van der Waals surface area contributed by atoms with Gasteiger partial charge in [-0.15, -0.1) is 11.3 Å². The van der Waals surface area contributed by atoms with Crippen molar-refractivity contribution in [3.05, 3.63) is 52.0 Å². The van der Waals surface area contributed by atoms with Crippen molar-refractivity contribution in [2.45, 2.75) is 37.9 Å². The molecule has 2 N–H and O–H groups in total. The number of alkyl halides is 3. The first-order chi connectivity index (χ1) is 12.8. The molecule has 27 heavy (non-hydrogen) atoms. The van der Waals surface area contributed by atoms with Crippen LogP contribution in [0.25, 0.3) is 11.0 Å². The van der Waals surface area contributed by atoms with Crippen LogP contribution in [-0.2, 0) is 11.0 Å². The van der Waals surface area contributed by atoms with Crippen LogP contribution in [0.4, 0.5) is 13.2 Å². The van der Waals surface area contributed by atoms with Gasteiger partial charge in [-0.2, -0.15) is 13.2 Å². The molecule has 3 atom stereocenters. The topological polar surface area (TPSA) is 57.8 Å². The third-order valence-electron chi connectivity index (χ3n) is 4.84. The number of amides is 1. The molecule has 8 heteroatoms. The number of carbonyl (C=O) groups is 1. The summed E-state index contributed by atoms with van der Waals surface area (Å²) in [5, 5.41) is 2.80. The van der Waals surface area contributed by atoms with Crippen molar-refractivity contribution in [1.82, 2.24) is 15.3 Å². The zero-order valence-electron chi connectivity index (χ0n) is 14.5. The number of rotatable bonds is 5. The fraction of sp³-hybridized carbons (Fsp3) is 0.368. The predicted octanol–water partition coefficient (Wildman–Crippen LogP) is 5.01. The number of benzene rings is 1. The summed E-state index contributed by atoms with van der Waals surface area (Å²) in [4.78, 5) is 20.0. The highest BCUT2D eigenvalue weighted by atomic mass is 32.1. The Bertz CT molecular complexity index is 945. The van der Waals surface area contributed by atoms with Crippen molar-refractivity contribution in [2.75, 3.05) is 0 Å². The standard InChI is InChI=1S/C19H18F3N3OS/c1-10(15-6-7-16(27-15)19(20,21)22)23-17(26)9-11-8-12(11)18-24-13-4-2-3-5-14(13)25-18/h2-7,10-12H,8-9H2,1H3,(H,23,26)(H,24,25)/t10-,11+,12-/m1/s1. The number of H-pyrrole nitrogens is 1. The van der Waals surface area contributed by atoms with Gasteiger partial charge in [-0.05, 0) is 43.5 Å². The van der Waals surface area contributed by atoms with Crippen molar-refractivity contribution in [3.8, 4) is 0 Å². The van der Waals surface area contributed by atoms with Gasteiger partial charge in [0, 0.05) is 17.2 Å². The van der Waals surface area contributed by atoms with E-state index in [9.17, 15) is 18.0 Å². The lowest BCUT2D eigenvalue weighted by Gasteiger charge is -2.12. The highest BCUT2D eigenvalue weighted by Gasteiger charge is 2.42. The fourth-order valence-corrected chi connectivity index (χ4v) is 4.18. The zero-order chi connectivity index (χ0) is 19.2. The summed E-state index contributed by atoms with van der Waals surface area (Å²) < 4.78 is 38.1. The van der Waals surface area contributed by atoms with Crippen LogP contribution < -0.4 is 5.32 Å². The summed E-state index contributed by atoms with van der Waals surface area (Å²) in [5.41, 5.74) is 1.89. The lowest BCUT2D eigenvalue weighted by molar-refractivity contribution is -0.134. The minimum absolute atomic E-state index is 0.145. The SMILES string of the molecule is C[C@@H](NC(=O)C[C@@H]1C[C@H]1c1nc2ccccc2[nH]1)c1ccc(C(F)(F)F)s1. The Morgan fingerprint density at radius 1 is 1.33 bits per heavy atom. The third kappa shape index (κ3) is 3.85. The molecule has 0 bridgehead atoms. The summed E-state index contributed by atoms with van der Waals surface area (Å²) >= 11 is 0.669. The van der Waals surface area contributed by atoms with Gasteiger partial charge in [0.05, 0.1) is 17.1 Å². The summed E-state index contributed by atoms with van der Waals surface area (Å²) in [6.07, 6.45) is -3.11. The zero-order valence-corrected chi connectivity index (χ0v) is 15.3. The van der Waals surface area contributed by atoms with Gasteiger partial charge in [0.2, 0.25) is 5.91 Å². The number of nitrogens with zero attached hydrogens (tertiary/aromatic N) is 1. The minimum Gasteiger partial charge on any atom is -0.349 e. The van der Waals surface area contributed by atoms with E-state index in [4.69, 9.17) is 0 Å². The van der Waals surface area contributed by atoms with Crippen molar-refractivity contribution >= 4 is 28.3 Å². The van der Waals surface area contributed by atoms with E-state index in [1.54, 1.807) is 6.92 Å². The van der Waals surface area contributed by atoms with Gasteiger partial charge < -0.3 is 10.3 Å². The number of aromatic nitrogens is 2. The second-order valence-electron chi connectivity index (χ2n) is 6.93. The van der Waals surface area contributed by atoms with Crippen molar-refractivity contribution < 1.29 is 18.0 Å². The Labute approximate surface area is 157 Å². The maximum atomic E-state index is 12.7. The average Bonchev–Trinajstić information content (AvgIpc) is 3.03. The fourth-order valence-electron chi connectivity index (χ4n) is 3.30. The molecule has 2 aromatic heterocycles. The van der Waals surface area contributed by atoms with Crippen LogP contribution in [-0.4, -0.2) is 15.9 Å². The minimum atomic E-state index is -4.35. The largest absolute Gasteiger partial charge is 0.425 e. The molecule has 1 aromatic carbocycles. The second kappa shape index (κ2) is 6.67. The molecule has 0 radical (unpaired) electrons. The van der Waals surface area contributed by atoms with E-state index in [1.807, 2.05) is 24.3 Å². The Morgan fingerprint density at radius 3 is 2.81 bits per heavy atom. The second-order valence-corrected chi connectivity index (χ2v) is 8.05. The van der Waals surface area contributed by atoms with Crippen LogP contribution in [0.2, 0.25) is 0 Å². The molecule has 0 aliphatic heterocycles. The molecule has 3 aromatic rings. The quantitative estimate of drug-likeness (QED) is 0.640. The van der Waals surface area contributed by atoms with Gasteiger partial charge in [-0.25, -0.2) is 4.98 Å². The molecule has 1 amide bonds. The maximum Gasteiger partial charge on any atom is 0.425 e. The van der Waals surface area contributed by atoms with Crippen molar-refractivity contribution in [1.29, 1.82) is 0 Å². The molecule has 0 spiro atoms. The molecule has 4 rings (SSSR count). The van der Waals surface area contributed by atoms with Crippen molar-refractivity contribution in [2.24, 2.45) is 5.92 Å². The number of carbonyl (C=O) groups excluding carboxylic acids is 1. The van der Waals surface area contributed by atoms with E-state index in [-0.39, 0.29) is 17.7 Å². The summed E-state index contributed by atoms with van der Waals surface area (Å²) in [6.45, 7) is 1.70. The lowest BCUT2D eigenvalue weighted by atomic mass is 10.2. The molecule has 1 aliphatic carbocycles. The van der Waals surface area contributed by atoms with Crippen LogP contribution in [0.5, 0.6) is 0 Å². The monoisotopic (exact) mass is 393 g/mol.